The molecule has 1 atom stereocenters. The first-order chi connectivity index (χ1) is 5.62. The largest absolute Gasteiger partial charge is 0.318 e. The lowest BCUT2D eigenvalue weighted by atomic mass is 10.4. The van der Waals surface area contributed by atoms with E-state index in [0.717, 1.165) is 25.7 Å². The normalized spacial score (nSPS) is 15.9. The van der Waals surface area contributed by atoms with Gasteiger partial charge in [-0.25, -0.2) is 0 Å². The SMILES string of the molecule is CCCCOP(=O)(Cl)CCCC. The molecule has 0 aromatic heterocycles. The minimum atomic E-state index is -2.77. The van der Waals surface area contributed by atoms with Gasteiger partial charge in [0, 0.05) is 6.16 Å². The van der Waals surface area contributed by atoms with Gasteiger partial charge < -0.3 is 4.52 Å². The molecule has 0 radical (unpaired) electrons. The smallest absolute Gasteiger partial charge is 0.290 e. The first kappa shape index (κ1) is 12.5. The Morgan fingerprint density at radius 3 is 2.33 bits per heavy atom. The summed E-state index contributed by atoms with van der Waals surface area (Å²) >= 11 is 5.68. The highest BCUT2D eigenvalue weighted by Gasteiger charge is 2.17. The van der Waals surface area contributed by atoms with Gasteiger partial charge in [0.1, 0.15) is 0 Å². The summed E-state index contributed by atoms with van der Waals surface area (Å²) in [6.07, 6.45) is 4.38. The van der Waals surface area contributed by atoms with Crippen molar-refractivity contribution in [3.63, 3.8) is 0 Å². The van der Waals surface area contributed by atoms with Crippen LogP contribution >= 0.6 is 18.0 Å². The average molecular weight is 213 g/mol. The van der Waals surface area contributed by atoms with Gasteiger partial charge in [-0.05, 0) is 24.1 Å². The molecule has 0 spiro atoms. The van der Waals surface area contributed by atoms with Gasteiger partial charge in [-0.3, -0.25) is 4.57 Å². The van der Waals surface area contributed by atoms with Crippen LogP contribution < -0.4 is 0 Å². The Labute approximate surface area is 79.9 Å². The first-order valence-electron chi connectivity index (χ1n) is 4.55. The standard InChI is InChI=1S/C8H18ClO2P/c1-3-5-7-11-12(9,10)8-6-4-2/h3-8H2,1-2H3. The summed E-state index contributed by atoms with van der Waals surface area (Å²) in [5.74, 6) is 0. The van der Waals surface area contributed by atoms with E-state index in [1.54, 1.807) is 0 Å². The zero-order valence-electron chi connectivity index (χ0n) is 7.88. The van der Waals surface area contributed by atoms with Gasteiger partial charge in [0.15, 0.2) is 0 Å². The van der Waals surface area contributed by atoms with Gasteiger partial charge in [0.05, 0.1) is 6.61 Å². The van der Waals surface area contributed by atoms with E-state index in [1.807, 2.05) is 6.92 Å². The summed E-state index contributed by atoms with van der Waals surface area (Å²) in [4.78, 5) is 0. The molecule has 0 rings (SSSR count). The van der Waals surface area contributed by atoms with Crippen LogP contribution in [-0.4, -0.2) is 12.8 Å². The van der Waals surface area contributed by atoms with Crippen LogP contribution in [0.4, 0.5) is 0 Å². The fraction of sp³-hybridized carbons (Fsp3) is 1.00. The van der Waals surface area contributed by atoms with E-state index >= 15 is 0 Å². The quantitative estimate of drug-likeness (QED) is 0.470. The molecule has 0 saturated carbocycles. The van der Waals surface area contributed by atoms with E-state index in [1.165, 1.54) is 0 Å². The van der Waals surface area contributed by atoms with Crippen LogP contribution in [0.3, 0.4) is 0 Å². The molecule has 0 heterocycles. The molecule has 0 aromatic rings. The molecule has 0 aliphatic carbocycles. The lowest BCUT2D eigenvalue weighted by Crippen LogP contribution is -1.92. The molecule has 0 N–H and O–H groups in total. The zero-order valence-corrected chi connectivity index (χ0v) is 9.53. The molecule has 12 heavy (non-hydrogen) atoms. The Morgan fingerprint density at radius 1 is 1.25 bits per heavy atom. The number of hydrogen-bond acceptors (Lipinski definition) is 2. The highest BCUT2D eigenvalue weighted by molar-refractivity contribution is 7.85. The Bertz CT molecular complexity index is 150. The van der Waals surface area contributed by atoms with E-state index in [-0.39, 0.29) is 0 Å². The van der Waals surface area contributed by atoms with Gasteiger partial charge in [0.2, 0.25) is 0 Å². The van der Waals surface area contributed by atoms with Gasteiger partial charge in [-0.2, -0.15) is 0 Å². The van der Waals surface area contributed by atoms with Crippen molar-refractivity contribution in [2.45, 2.75) is 39.5 Å². The molecule has 0 amide bonds. The second kappa shape index (κ2) is 6.94. The van der Waals surface area contributed by atoms with Crippen LogP contribution in [-0.2, 0) is 9.09 Å². The molecule has 0 fully saturated rings. The van der Waals surface area contributed by atoms with Crippen molar-refractivity contribution in [2.75, 3.05) is 12.8 Å². The summed E-state index contributed by atoms with van der Waals surface area (Å²) < 4.78 is 16.5. The predicted molar refractivity (Wildman–Crippen MR) is 54.1 cm³/mol. The highest BCUT2D eigenvalue weighted by Crippen LogP contribution is 2.53. The van der Waals surface area contributed by atoms with Crippen molar-refractivity contribution in [3.8, 4) is 0 Å². The Kier molecular flexibility index (Phi) is 7.22. The maximum Gasteiger partial charge on any atom is 0.290 e. The van der Waals surface area contributed by atoms with Gasteiger partial charge in [0.25, 0.3) is 6.72 Å². The number of unbranched alkanes of at least 4 members (excludes halogenated alkanes) is 2. The fourth-order valence-electron chi connectivity index (χ4n) is 0.757. The molecule has 74 valence electrons. The molecule has 4 heteroatoms. The molecule has 0 saturated heterocycles. The van der Waals surface area contributed by atoms with E-state index in [2.05, 4.69) is 6.92 Å². The monoisotopic (exact) mass is 212 g/mol. The molecule has 0 bridgehead atoms. The van der Waals surface area contributed by atoms with Crippen molar-refractivity contribution in [1.82, 2.24) is 0 Å². The molecule has 1 unspecified atom stereocenters. The van der Waals surface area contributed by atoms with Gasteiger partial charge in [-0.15, -0.1) is 0 Å². The zero-order chi connectivity index (χ0) is 9.45. The summed E-state index contributed by atoms with van der Waals surface area (Å²) in [6, 6.07) is 0. The molecule has 0 aromatic carbocycles. The number of rotatable bonds is 7. The van der Waals surface area contributed by atoms with E-state index in [9.17, 15) is 4.57 Å². The maximum absolute atomic E-state index is 11.4. The Hall–Kier alpha value is 0.480. The highest BCUT2D eigenvalue weighted by atomic mass is 35.7. The van der Waals surface area contributed by atoms with Crippen molar-refractivity contribution in [3.05, 3.63) is 0 Å². The van der Waals surface area contributed by atoms with Crippen molar-refractivity contribution >= 4 is 18.0 Å². The number of halogens is 1. The van der Waals surface area contributed by atoms with E-state index in [0.29, 0.717) is 12.8 Å². The minimum Gasteiger partial charge on any atom is -0.318 e. The molecular weight excluding hydrogens is 195 g/mol. The predicted octanol–water partition coefficient (Wildman–Crippen LogP) is 4.04. The van der Waals surface area contributed by atoms with Crippen LogP contribution in [0.5, 0.6) is 0 Å². The van der Waals surface area contributed by atoms with Crippen molar-refractivity contribution in [1.29, 1.82) is 0 Å². The van der Waals surface area contributed by atoms with Crippen LogP contribution in [0.1, 0.15) is 39.5 Å². The maximum atomic E-state index is 11.4. The van der Waals surface area contributed by atoms with Crippen LogP contribution in [0.15, 0.2) is 0 Å². The van der Waals surface area contributed by atoms with E-state index < -0.39 is 6.72 Å². The topological polar surface area (TPSA) is 26.3 Å². The van der Waals surface area contributed by atoms with Crippen LogP contribution in [0.2, 0.25) is 0 Å². The van der Waals surface area contributed by atoms with E-state index in [4.69, 9.17) is 15.8 Å². The average Bonchev–Trinajstić information content (AvgIpc) is 2.01. The Morgan fingerprint density at radius 2 is 1.83 bits per heavy atom. The Balaban J connectivity index is 3.49. The lowest BCUT2D eigenvalue weighted by Gasteiger charge is -2.09. The van der Waals surface area contributed by atoms with Gasteiger partial charge >= 0.3 is 0 Å². The third-order valence-electron chi connectivity index (χ3n) is 1.56. The second-order valence-electron chi connectivity index (χ2n) is 2.85. The molecule has 0 aliphatic rings. The fourth-order valence-corrected chi connectivity index (χ4v) is 2.55. The van der Waals surface area contributed by atoms with Gasteiger partial charge in [-0.1, -0.05) is 26.7 Å². The third kappa shape index (κ3) is 7.15. The minimum absolute atomic E-state index is 0.509. The van der Waals surface area contributed by atoms with Crippen molar-refractivity contribution in [2.24, 2.45) is 0 Å². The van der Waals surface area contributed by atoms with Crippen LogP contribution in [0, 0.1) is 0 Å². The molecular formula is C8H18ClO2P. The third-order valence-corrected chi connectivity index (χ3v) is 3.78. The molecule has 2 nitrogen and oxygen atoms in total. The summed E-state index contributed by atoms with van der Waals surface area (Å²) in [5, 5.41) is 0. The lowest BCUT2D eigenvalue weighted by molar-refractivity contribution is 0.315. The van der Waals surface area contributed by atoms with Crippen LogP contribution in [0.25, 0.3) is 0 Å². The second-order valence-corrected chi connectivity index (χ2v) is 6.29. The summed E-state index contributed by atoms with van der Waals surface area (Å²) in [7, 11) is 0. The molecule has 0 aliphatic heterocycles. The summed E-state index contributed by atoms with van der Waals surface area (Å²) in [5.41, 5.74) is 0. The number of hydrogen-bond donors (Lipinski definition) is 0. The van der Waals surface area contributed by atoms with Crippen molar-refractivity contribution < 1.29 is 9.09 Å². The first-order valence-corrected chi connectivity index (χ1v) is 7.27. The summed E-state index contributed by atoms with van der Waals surface area (Å²) in [6.45, 7) is 1.87.